The number of hydrogen-bond acceptors (Lipinski definition) is 2. The molecule has 1 fully saturated rings. The molecular formula is C19H22F6N2O2. The van der Waals surface area contributed by atoms with E-state index in [9.17, 15) is 35.9 Å². The molecule has 1 aliphatic rings. The van der Waals surface area contributed by atoms with E-state index in [1.807, 2.05) is 0 Å². The standard InChI is InChI=1S/C19H22F6N2O2/c1-2-26(12-9-18(20,21)22)16(28)14-7-10-27(11-8-14)17(29)13-3-5-15(6-4-13)19(23,24)25/h3-6,14H,2,7-12H2,1H3. The zero-order valence-electron chi connectivity index (χ0n) is 15.8. The molecule has 1 saturated heterocycles. The molecule has 0 bridgehead atoms. The highest BCUT2D eigenvalue weighted by Crippen LogP contribution is 2.29. The summed E-state index contributed by atoms with van der Waals surface area (Å²) < 4.78 is 75.1. The number of likely N-dealkylation sites (tertiary alicyclic amines) is 1. The summed E-state index contributed by atoms with van der Waals surface area (Å²) in [6.07, 6.45) is -9.30. The lowest BCUT2D eigenvalue weighted by atomic mass is 9.94. The van der Waals surface area contributed by atoms with Crippen LogP contribution in [0.4, 0.5) is 26.3 Å². The number of alkyl halides is 6. The third-order valence-electron chi connectivity index (χ3n) is 4.95. The van der Waals surface area contributed by atoms with Gasteiger partial charge >= 0.3 is 12.4 Å². The van der Waals surface area contributed by atoms with Crippen molar-refractivity contribution in [3.05, 3.63) is 35.4 Å². The Morgan fingerprint density at radius 1 is 1.03 bits per heavy atom. The van der Waals surface area contributed by atoms with E-state index >= 15 is 0 Å². The van der Waals surface area contributed by atoms with Crippen molar-refractivity contribution in [3.63, 3.8) is 0 Å². The monoisotopic (exact) mass is 424 g/mol. The van der Waals surface area contributed by atoms with Gasteiger partial charge in [0.2, 0.25) is 5.91 Å². The number of nitrogens with zero attached hydrogens (tertiary/aromatic N) is 2. The molecule has 2 amide bonds. The van der Waals surface area contributed by atoms with Gasteiger partial charge in [-0.2, -0.15) is 26.3 Å². The van der Waals surface area contributed by atoms with E-state index in [0.29, 0.717) is 12.8 Å². The molecule has 0 unspecified atom stereocenters. The second-order valence-electron chi connectivity index (χ2n) is 6.92. The van der Waals surface area contributed by atoms with Crippen LogP contribution in [-0.2, 0) is 11.0 Å². The smallest absolute Gasteiger partial charge is 0.342 e. The zero-order chi connectivity index (χ0) is 21.8. The quantitative estimate of drug-likeness (QED) is 0.660. The summed E-state index contributed by atoms with van der Waals surface area (Å²) in [5.41, 5.74) is -0.736. The Morgan fingerprint density at radius 3 is 2.03 bits per heavy atom. The van der Waals surface area contributed by atoms with Gasteiger partial charge in [0.1, 0.15) is 0 Å². The Morgan fingerprint density at radius 2 is 1.59 bits per heavy atom. The molecule has 0 atom stereocenters. The highest BCUT2D eigenvalue weighted by molar-refractivity contribution is 5.94. The van der Waals surface area contributed by atoms with E-state index < -0.39 is 42.7 Å². The van der Waals surface area contributed by atoms with Gasteiger partial charge < -0.3 is 9.80 Å². The highest BCUT2D eigenvalue weighted by atomic mass is 19.4. The number of carbonyl (C=O) groups is 2. The van der Waals surface area contributed by atoms with Crippen molar-refractivity contribution >= 4 is 11.8 Å². The summed E-state index contributed by atoms with van der Waals surface area (Å²) in [6, 6.07) is 3.89. The number of benzene rings is 1. The van der Waals surface area contributed by atoms with Crippen molar-refractivity contribution in [1.82, 2.24) is 9.80 Å². The number of halogens is 6. The van der Waals surface area contributed by atoms with Crippen LogP contribution in [0.15, 0.2) is 24.3 Å². The van der Waals surface area contributed by atoms with E-state index in [4.69, 9.17) is 0 Å². The average Bonchev–Trinajstić information content (AvgIpc) is 2.66. The molecule has 1 aromatic rings. The fourth-order valence-corrected chi connectivity index (χ4v) is 3.26. The summed E-state index contributed by atoms with van der Waals surface area (Å²) >= 11 is 0. The number of rotatable bonds is 5. The second kappa shape index (κ2) is 9.04. The van der Waals surface area contributed by atoms with Gasteiger partial charge in [0, 0.05) is 37.7 Å². The van der Waals surface area contributed by atoms with E-state index in [0.717, 1.165) is 24.3 Å². The Bertz CT molecular complexity index is 707. The number of amides is 2. The molecule has 1 aromatic carbocycles. The molecule has 0 spiro atoms. The normalized spacial score (nSPS) is 16.0. The maximum atomic E-state index is 12.6. The minimum absolute atomic E-state index is 0.114. The Hall–Kier alpha value is -2.26. The van der Waals surface area contributed by atoms with Crippen molar-refractivity contribution in [2.75, 3.05) is 26.2 Å². The largest absolute Gasteiger partial charge is 0.416 e. The first-order valence-electron chi connectivity index (χ1n) is 9.24. The fraction of sp³-hybridized carbons (Fsp3) is 0.579. The molecule has 0 aliphatic carbocycles. The third kappa shape index (κ3) is 6.37. The molecule has 0 radical (unpaired) electrons. The summed E-state index contributed by atoms with van der Waals surface area (Å²) in [6.45, 7) is 1.81. The fourth-order valence-electron chi connectivity index (χ4n) is 3.26. The molecule has 0 N–H and O–H groups in total. The van der Waals surface area contributed by atoms with Crippen LogP contribution < -0.4 is 0 Å². The molecule has 4 nitrogen and oxygen atoms in total. The van der Waals surface area contributed by atoms with Gasteiger partial charge in [-0.25, -0.2) is 0 Å². The lowest BCUT2D eigenvalue weighted by Gasteiger charge is -2.34. The van der Waals surface area contributed by atoms with Crippen molar-refractivity contribution < 1.29 is 35.9 Å². The van der Waals surface area contributed by atoms with E-state index in [2.05, 4.69) is 0 Å². The molecule has 162 valence electrons. The topological polar surface area (TPSA) is 40.6 Å². The van der Waals surface area contributed by atoms with Crippen LogP contribution in [0.25, 0.3) is 0 Å². The summed E-state index contributed by atoms with van der Waals surface area (Å²) in [5.74, 6) is -1.27. The van der Waals surface area contributed by atoms with Crippen molar-refractivity contribution in [3.8, 4) is 0 Å². The van der Waals surface area contributed by atoms with Crippen LogP contribution in [0.1, 0.15) is 42.1 Å². The minimum atomic E-state index is -4.49. The second-order valence-corrected chi connectivity index (χ2v) is 6.92. The van der Waals surface area contributed by atoms with Crippen LogP contribution in [0.2, 0.25) is 0 Å². The van der Waals surface area contributed by atoms with Crippen molar-refractivity contribution in [1.29, 1.82) is 0 Å². The Labute approximate surface area is 164 Å². The predicted molar refractivity (Wildman–Crippen MR) is 93.0 cm³/mol. The predicted octanol–water partition coefficient (Wildman–Crippen LogP) is 4.36. The molecule has 0 saturated carbocycles. The minimum Gasteiger partial charge on any atom is -0.342 e. The Kier molecular flexibility index (Phi) is 7.18. The average molecular weight is 424 g/mol. The SMILES string of the molecule is CCN(CCC(F)(F)F)C(=O)C1CCN(C(=O)c2ccc(C(F)(F)F)cc2)CC1. The van der Waals surface area contributed by atoms with Crippen molar-refractivity contribution in [2.24, 2.45) is 5.92 Å². The third-order valence-corrected chi connectivity index (χ3v) is 4.95. The first-order chi connectivity index (χ1) is 13.4. The van der Waals surface area contributed by atoms with Gasteiger partial charge in [-0.3, -0.25) is 9.59 Å². The van der Waals surface area contributed by atoms with E-state index in [1.54, 1.807) is 6.92 Å². The van der Waals surface area contributed by atoms with Gasteiger partial charge in [0.05, 0.1) is 12.0 Å². The molecule has 10 heteroatoms. The zero-order valence-corrected chi connectivity index (χ0v) is 15.8. The van der Waals surface area contributed by atoms with Gasteiger partial charge in [0.25, 0.3) is 5.91 Å². The van der Waals surface area contributed by atoms with Crippen LogP contribution in [0.5, 0.6) is 0 Å². The maximum Gasteiger partial charge on any atom is 0.416 e. The van der Waals surface area contributed by atoms with Crippen LogP contribution in [0, 0.1) is 5.92 Å². The van der Waals surface area contributed by atoms with Crippen LogP contribution in [0.3, 0.4) is 0 Å². The number of hydrogen-bond donors (Lipinski definition) is 0. The highest BCUT2D eigenvalue weighted by Gasteiger charge is 2.34. The molecule has 0 aromatic heterocycles. The van der Waals surface area contributed by atoms with Gasteiger partial charge in [-0.05, 0) is 44.0 Å². The lowest BCUT2D eigenvalue weighted by Crippen LogP contribution is -2.45. The molecular weight excluding hydrogens is 402 g/mol. The van der Waals surface area contributed by atoms with E-state index in [-0.39, 0.29) is 31.1 Å². The Balaban J connectivity index is 1.92. The molecule has 29 heavy (non-hydrogen) atoms. The van der Waals surface area contributed by atoms with Gasteiger partial charge in [0.15, 0.2) is 0 Å². The lowest BCUT2D eigenvalue weighted by molar-refractivity contribution is -0.148. The number of piperidine rings is 1. The van der Waals surface area contributed by atoms with Gasteiger partial charge in [-0.15, -0.1) is 0 Å². The van der Waals surface area contributed by atoms with Crippen molar-refractivity contribution in [2.45, 2.75) is 38.5 Å². The molecule has 2 rings (SSSR count). The van der Waals surface area contributed by atoms with Crippen LogP contribution >= 0.6 is 0 Å². The maximum absolute atomic E-state index is 12.6. The molecule has 1 aliphatic heterocycles. The summed E-state index contributed by atoms with van der Waals surface area (Å²) in [4.78, 5) is 27.6. The first kappa shape index (κ1) is 23.0. The van der Waals surface area contributed by atoms with E-state index in [1.165, 1.54) is 9.80 Å². The summed E-state index contributed by atoms with van der Waals surface area (Å²) in [7, 11) is 0. The van der Waals surface area contributed by atoms with Gasteiger partial charge in [-0.1, -0.05) is 0 Å². The molecule has 1 heterocycles. The summed E-state index contributed by atoms with van der Waals surface area (Å²) in [5, 5.41) is 0. The first-order valence-corrected chi connectivity index (χ1v) is 9.24. The number of carbonyl (C=O) groups excluding carboxylic acids is 2. The van der Waals surface area contributed by atoms with Crippen LogP contribution in [-0.4, -0.2) is 54.0 Å².